The number of rotatable bonds is 12. The predicted octanol–water partition coefficient (Wildman–Crippen LogP) is 5.65. The number of nitrogen functional groups attached to an aromatic ring is 1. The summed E-state index contributed by atoms with van der Waals surface area (Å²) in [5, 5.41) is 7.50. The number of fused-ring (bicyclic) bond motifs is 3. The lowest BCUT2D eigenvalue weighted by Gasteiger charge is -2.12. The van der Waals surface area contributed by atoms with Gasteiger partial charge in [0.15, 0.2) is 5.82 Å². The summed E-state index contributed by atoms with van der Waals surface area (Å²) in [4.78, 5) is 24.3. The Kier molecular flexibility index (Phi) is 8.36. The molecule has 186 valence electrons. The molecule has 0 bridgehead atoms. The molecule has 0 saturated heterocycles. The molecule has 0 aliphatic carbocycles. The van der Waals surface area contributed by atoms with E-state index in [0.29, 0.717) is 44.7 Å². The third-order valence-corrected chi connectivity index (χ3v) is 6.27. The number of carbonyl (C=O) groups is 1. The number of amides is 1. The minimum atomic E-state index is 0.00328. The fraction of sp³-hybridized carbons (Fsp3) is 0.370. The average molecular weight is 485 g/mol. The molecule has 0 aliphatic rings. The van der Waals surface area contributed by atoms with Crippen LogP contribution in [0.15, 0.2) is 53.6 Å². The van der Waals surface area contributed by atoms with Gasteiger partial charge in [-0.1, -0.05) is 60.9 Å². The molecule has 0 aliphatic heterocycles. The largest absolute Gasteiger partial charge is 0.382 e. The fourth-order valence-corrected chi connectivity index (χ4v) is 4.35. The number of para-hydroxylation sites is 1. The van der Waals surface area contributed by atoms with Gasteiger partial charge in [-0.2, -0.15) is 0 Å². The predicted molar refractivity (Wildman–Crippen MR) is 143 cm³/mol. The number of nitrogens with two attached hydrogens (primary N) is 1. The summed E-state index contributed by atoms with van der Waals surface area (Å²) in [6.07, 6.45) is 4.87. The Labute approximate surface area is 210 Å². The van der Waals surface area contributed by atoms with Crippen molar-refractivity contribution in [2.24, 2.45) is 5.11 Å². The topological polar surface area (TPSA) is 135 Å². The molecule has 0 fully saturated rings. The molecule has 9 heteroatoms. The molecule has 2 aromatic carbocycles. The molecule has 0 radical (unpaired) electrons. The van der Waals surface area contributed by atoms with Crippen molar-refractivity contribution in [2.75, 3.05) is 12.3 Å². The van der Waals surface area contributed by atoms with E-state index in [1.54, 1.807) is 0 Å². The van der Waals surface area contributed by atoms with Crippen molar-refractivity contribution in [2.45, 2.75) is 58.5 Å². The number of nitrogens with one attached hydrogen (secondary N) is 1. The quantitative estimate of drug-likeness (QED) is 0.116. The molecular formula is C27H32N8O. The molecular weight excluding hydrogens is 452 g/mol. The molecule has 4 aromatic rings. The van der Waals surface area contributed by atoms with Crippen LogP contribution >= 0.6 is 0 Å². The van der Waals surface area contributed by atoms with Crippen LogP contribution < -0.4 is 11.1 Å². The SMILES string of the molecule is CCCCc1nc2c(N)nc3ccccc3c2n1Cc1ccc(CNC(=O)CCCCN=[N+]=[N-])cc1. The van der Waals surface area contributed by atoms with Gasteiger partial charge in [-0.15, -0.1) is 0 Å². The Morgan fingerprint density at radius 2 is 1.86 bits per heavy atom. The van der Waals surface area contributed by atoms with Crippen molar-refractivity contribution in [1.29, 1.82) is 0 Å². The minimum absolute atomic E-state index is 0.00328. The van der Waals surface area contributed by atoms with E-state index in [9.17, 15) is 4.79 Å². The summed E-state index contributed by atoms with van der Waals surface area (Å²) in [6, 6.07) is 16.4. The van der Waals surface area contributed by atoms with Crippen LogP contribution in [0, 0.1) is 0 Å². The van der Waals surface area contributed by atoms with Crippen molar-refractivity contribution in [1.82, 2.24) is 19.9 Å². The first kappa shape index (κ1) is 25.0. The second kappa shape index (κ2) is 12.0. The Hall–Kier alpha value is -4.10. The van der Waals surface area contributed by atoms with Crippen LogP contribution in [0.1, 0.15) is 56.0 Å². The number of aryl methyl sites for hydroxylation is 1. The van der Waals surface area contributed by atoms with E-state index in [-0.39, 0.29) is 5.91 Å². The lowest BCUT2D eigenvalue weighted by atomic mass is 10.1. The molecule has 3 N–H and O–H groups in total. The van der Waals surface area contributed by atoms with Crippen LogP contribution in [-0.2, 0) is 24.3 Å². The van der Waals surface area contributed by atoms with E-state index in [1.807, 2.05) is 18.2 Å². The van der Waals surface area contributed by atoms with Gasteiger partial charge in [-0.3, -0.25) is 4.79 Å². The van der Waals surface area contributed by atoms with Crippen molar-refractivity contribution < 1.29 is 4.79 Å². The lowest BCUT2D eigenvalue weighted by molar-refractivity contribution is -0.121. The van der Waals surface area contributed by atoms with Crippen molar-refractivity contribution in [3.8, 4) is 0 Å². The van der Waals surface area contributed by atoms with Gasteiger partial charge in [-0.25, -0.2) is 9.97 Å². The van der Waals surface area contributed by atoms with Crippen molar-refractivity contribution >= 4 is 33.7 Å². The highest BCUT2D eigenvalue weighted by atomic mass is 16.1. The number of benzene rings is 2. The summed E-state index contributed by atoms with van der Waals surface area (Å²) >= 11 is 0. The third-order valence-electron chi connectivity index (χ3n) is 6.27. The van der Waals surface area contributed by atoms with Gasteiger partial charge in [0, 0.05) is 42.8 Å². The van der Waals surface area contributed by atoms with E-state index < -0.39 is 0 Å². The highest BCUT2D eigenvalue weighted by Crippen LogP contribution is 2.30. The van der Waals surface area contributed by atoms with Gasteiger partial charge >= 0.3 is 0 Å². The maximum Gasteiger partial charge on any atom is 0.220 e. The highest BCUT2D eigenvalue weighted by Gasteiger charge is 2.17. The van der Waals surface area contributed by atoms with E-state index in [2.05, 4.69) is 62.1 Å². The third kappa shape index (κ3) is 5.93. The van der Waals surface area contributed by atoms with Crippen LogP contribution in [0.2, 0.25) is 0 Å². The molecule has 2 aromatic heterocycles. The summed E-state index contributed by atoms with van der Waals surface area (Å²) in [7, 11) is 0. The zero-order valence-electron chi connectivity index (χ0n) is 20.7. The highest BCUT2D eigenvalue weighted by molar-refractivity contribution is 6.06. The smallest absolute Gasteiger partial charge is 0.220 e. The van der Waals surface area contributed by atoms with Crippen LogP contribution in [0.3, 0.4) is 0 Å². The first-order chi connectivity index (χ1) is 17.6. The summed E-state index contributed by atoms with van der Waals surface area (Å²) < 4.78 is 2.28. The van der Waals surface area contributed by atoms with E-state index in [1.165, 1.54) is 0 Å². The zero-order valence-corrected chi connectivity index (χ0v) is 20.7. The summed E-state index contributed by atoms with van der Waals surface area (Å²) in [5.41, 5.74) is 19.5. The number of azide groups is 1. The van der Waals surface area contributed by atoms with Gasteiger partial charge in [0.1, 0.15) is 11.3 Å². The summed E-state index contributed by atoms with van der Waals surface area (Å²) in [6.45, 7) is 3.77. The minimum Gasteiger partial charge on any atom is -0.382 e. The zero-order chi connectivity index (χ0) is 25.3. The normalized spacial score (nSPS) is 11.0. The second-order valence-electron chi connectivity index (χ2n) is 8.93. The van der Waals surface area contributed by atoms with Crippen molar-refractivity contribution in [3.63, 3.8) is 0 Å². The van der Waals surface area contributed by atoms with Crippen LogP contribution in [0.5, 0.6) is 0 Å². The number of unbranched alkanes of at least 4 members (excludes halogenated alkanes) is 2. The van der Waals surface area contributed by atoms with Crippen LogP contribution in [-0.4, -0.2) is 27.0 Å². The molecule has 2 heterocycles. The van der Waals surface area contributed by atoms with Crippen molar-refractivity contribution in [3.05, 3.63) is 75.9 Å². The van der Waals surface area contributed by atoms with Gasteiger partial charge in [0.2, 0.25) is 5.91 Å². The van der Waals surface area contributed by atoms with Gasteiger partial charge in [0.05, 0.1) is 11.0 Å². The molecule has 0 saturated carbocycles. The molecule has 36 heavy (non-hydrogen) atoms. The Morgan fingerprint density at radius 3 is 2.64 bits per heavy atom. The number of hydrogen-bond donors (Lipinski definition) is 2. The summed E-state index contributed by atoms with van der Waals surface area (Å²) in [5.74, 6) is 1.49. The van der Waals surface area contributed by atoms with E-state index in [4.69, 9.17) is 16.2 Å². The molecule has 4 rings (SSSR count). The van der Waals surface area contributed by atoms with Gasteiger partial charge in [0.25, 0.3) is 0 Å². The lowest BCUT2D eigenvalue weighted by Crippen LogP contribution is -2.22. The van der Waals surface area contributed by atoms with Gasteiger partial charge < -0.3 is 15.6 Å². The van der Waals surface area contributed by atoms with E-state index in [0.717, 1.165) is 58.2 Å². The number of nitrogens with zero attached hydrogens (tertiary/aromatic N) is 6. The Balaban J connectivity index is 1.50. The first-order valence-electron chi connectivity index (χ1n) is 12.5. The molecule has 1 amide bonds. The van der Waals surface area contributed by atoms with Crippen LogP contribution in [0.4, 0.5) is 5.82 Å². The monoisotopic (exact) mass is 484 g/mol. The maximum atomic E-state index is 12.1. The second-order valence-corrected chi connectivity index (χ2v) is 8.93. The van der Waals surface area contributed by atoms with Gasteiger partial charge in [-0.05, 0) is 42.0 Å². The molecule has 0 spiro atoms. The molecule has 0 unspecified atom stereocenters. The Morgan fingerprint density at radius 1 is 1.08 bits per heavy atom. The van der Waals surface area contributed by atoms with E-state index >= 15 is 0 Å². The number of aromatic nitrogens is 3. The number of carbonyl (C=O) groups excluding carboxylic acids is 1. The maximum absolute atomic E-state index is 12.1. The average Bonchev–Trinajstić information content (AvgIpc) is 3.26. The molecule has 0 atom stereocenters. The molecule has 9 nitrogen and oxygen atoms in total. The number of pyridine rings is 1. The van der Waals surface area contributed by atoms with Crippen LogP contribution in [0.25, 0.3) is 32.4 Å². The first-order valence-corrected chi connectivity index (χ1v) is 12.5. The number of hydrogen-bond acceptors (Lipinski definition) is 5. The Bertz CT molecular complexity index is 1390. The fourth-order valence-electron chi connectivity index (χ4n) is 4.35. The number of imidazole rings is 1. The standard InChI is InChI=1S/C27H32N8O/c1-2-3-10-23-33-25-26(21-8-4-5-9-22(21)32-27(25)28)35(23)18-20-14-12-19(13-15-20)17-30-24(36)11-6-7-16-31-34-29/h4-5,8-9,12-15H,2-3,6-7,10-11,16-18H2,1H3,(H2,28,32)(H,30,36). The number of anilines is 1.